The van der Waals surface area contributed by atoms with Crippen molar-refractivity contribution in [1.82, 2.24) is 9.29 Å². The molecular formula is C14H23N3O3S. The van der Waals surface area contributed by atoms with Gasteiger partial charge in [0.2, 0.25) is 0 Å². The maximum atomic E-state index is 12.8. The van der Waals surface area contributed by atoms with Gasteiger partial charge in [-0.3, -0.25) is 0 Å². The molecule has 0 spiro atoms. The Kier molecular flexibility index (Phi) is 4.85. The number of hydrogen-bond donors (Lipinski definition) is 2. The molecule has 1 aromatic rings. The lowest BCUT2D eigenvalue weighted by atomic mass is 9.98. The average molecular weight is 313 g/mol. The summed E-state index contributed by atoms with van der Waals surface area (Å²) in [5, 5.41) is 13.2. The lowest BCUT2D eigenvalue weighted by Crippen LogP contribution is -2.34. The molecule has 2 rings (SSSR count). The van der Waals surface area contributed by atoms with Gasteiger partial charge in [-0.05, 0) is 45.2 Å². The minimum absolute atomic E-state index is 0.0633. The van der Waals surface area contributed by atoms with E-state index < -0.39 is 15.6 Å². The highest BCUT2D eigenvalue weighted by Gasteiger charge is 2.33. The maximum Gasteiger partial charge on any atom is 0.262 e. The Morgan fingerprint density at radius 2 is 2.19 bits per heavy atom. The van der Waals surface area contributed by atoms with Crippen molar-refractivity contribution >= 4 is 15.7 Å². The topological polar surface area (TPSA) is 82.5 Å². The van der Waals surface area contributed by atoms with Crippen molar-refractivity contribution < 1.29 is 13.5 Å². The second kappa shape index (κ2) is 6.29. The van der Waals surface area contributed by atoms with E-state index in [2.05, 4.69) is 10.3 Å². The Labute approximate surface area is 126 Å². The molecule has 118 valence electrons. The molecule has 1 fully saturated rings. The van der Waals surface area contributed by atoms with Crippen LogP contribution in [-0.2, 0) is 10.0 Å². The fraction of sp³-hybridized carbons (Fsp3) is 0.643. The van der Waals surface area contributed by atoms with Crippen molar-refractivity contribution in [3.05, 3.63) is 18.3 Å². The molecule has 1 atom stereocenters. The highest BCUT2D eigenvalue weighted by Crippen LogP contribution is 2.27. The molecule has 1 saturated heterocycles. The van der Waals surface area contributed by atoms with Gasteiger partial charge in [0.25, 0.3) is 10.0 Å². The Bertz CT molecular complexity index is 587. The number of aliphatic hydroxyl groups is 1. The van der Waals surface area contributed by atoms with Crippen molar-refractivity contribution in [2.45, 2.75) is 43.7 Å². The average Bonchev–Trinajstić information content (AvgIpc) is 2.61. The Balaban J connectivity index is 2.30. The normalized spacial score (nSPS) is 24.5. The van der Waals surface area contributed by atoms with Crippen LogP contribution in [0.5, 0.6) is 0 Å². The van der Waals surface area contributed by atoms with E-state index in [-0.39, 0.29) is 5.03 Å². The number of anilines is 1. The fourth-order valence-electron chi connectivity index (χ4n) is 2.52. The van der Waals surface area contributed by atoms with Crippen LogP contribution in [0.15, 0.2) is 23.4 Å². The molecule has 1 aliphatic rings. The molecule has 0 bridgehead atoms. The van der Waals surface area contributed by atoms with Crippen LogP contribution in [-0.4, -0.2) is 48.0 Å². The van der Waals surface area contributed by atoms with Crippen LogP contribution in [0.4, 0.5) is 5.69 Å². The summed E-state index contributed by atoms with van der Waals surface area (Å²) in [5.41, 5.74) is -0.269. The molecule has 0 radical (unpaired) electrons. The highest BCUT2D eigenvalue weighted by molar-refractivity contribution is 7.89. The Morgan fingerprint density at radius 1 is 1.43 bits per heavy atom. The van der Waals surface area contributed by atoms with Crippen LogP contribution >= 0.6 is 0 Å². The summed E-state index contributed by atoms with van der Waals surface area (Å²) in [5.74, 6) is 0. The van der Waals surface area contributed by atoms with Crippen LogP contribution in [0.25, 0.3) is 0 Å². The number of rotatable bonds is 4. The molecular weight excluding hydrogens is 290 g/mol. The minimum Gasteiger partial charge on any atom is -0.390 e. The molecule has 0 amide bonds. The monoisotopic (exact) mass is 313 g/mol. The lowest BCUT2D eigenvalue weighted by Gasteiger charge is -2.22. The zero-order valence-corrected chi connectivity index (χ0v) is 13.4. The standard InChI is InChI=1S/C14H23N3O3S/c1-3-15-12-6-4-9-16-13(12)21(19,20)17-10-5-7-14(2,18)8-11-17/h4,6,9,15,18H,3,5,7-8,10-11H2,1-2H3. The predicted molar refractivity (Wildman–Crippen MR) is 81.6 cm³/mol. The van der Waals surface area contributed by atoms with Crippen LogP contribution in [0.3, 0.4) is 0 Å². The number of sulfonamides is 1. The summed E-state index contributed by atoms with van der Waals surface area (Å²) >= 11 is 0. The Hall–Kier alpha value is -1.18. The van der Waals surface area contributed by atoms with E-state index in [0.717, 1.165) is 0 Å². The second-order valence-electron chi connectivity index (χ2n) is 5.64. The van der Waals surface area contributed by atoms with Gasteiger partial charge in [-0.15, -0.1) is 0 Å². The first kappa shape index (κ1) is 16.2. The number of pyridine rings is 1. The second-order valence-corrected chi connectivity index (χ2v) is 7.49. The minimum atomic E-state index is -3.64. The van der Waals surface area contributed by atoms with Gasteiger partial charge in [0.1, 0.15) is 0 Å². The molecule has 1 aliphatic heterocycles. The quantitative estimate of drug-likeness (QED) is 0.879. The summed E-state index contributed by atoms with van der Waals surface area (Å²) in [6.07, 6.45) is 3.19. The molecule has 1 aromatic heterocycles. The molecule has 6 nitrogen and oxygen atoms in total. The molecule has 1 unspecified atom stereocenters. The SMILES string of the molecule is CCNc1cccnc1S(=O)(=O)N1CCCC(C)(O)CC1. The summed E-state index contributed by atoms with van der Waals surface area (Å²) in [6, 6.07) is 3.43. The van der Waals surface area contributed by atoms with Crippen molar-refractivity contribution in [3.8, 4) is 0 Å². The first-order chi connectivity index (χ1) is 9.87. The fourth-order valence-corrected chi connectivity index (χ4v) is 4.08. The van der Waals surface area contributed by atoms with Gasteiger partial charge in [-0.1, -0.05) is 0 Å². The van der Waals surface area contributed by atoms with E-state index in [1.165, 1.54) is 10.5 Å². The smallest absolute Gasteiger partial charge is 0.262 e. The van der Waals surface area contributed by atoms with Crippen molar-refractivity contribution in [2.75, 3.05) is 25.0 Å². The third-order valence-corrected chi connectivity index (χ3v) is 5.60. The van der Waals surface area contributed by atoms with E-state index in [4.69, 9.17) is 0 Å². The third kappa shape index (κ3) is 3.72. The van der Waals surface area contributed by atoms with Crippen LogP contribution in [0.1, 0.15) is 33.1 Å². The van der Waals surface area contributed by atoms with Gasteiger partial charge in [0.05, 0.1) is 11.3 Å². The number of nitrogens with zero attached hydrogens (tertiary/aromatic N) is 2. The number of aromatic nitrogens is 1. The van der Waals surface area contributed by atoms with E-state index in [1.807, 2.05) is 6.92 Å². The van der Waals surface area contributed by atoms with E-state index in [1.54, 1.807) is 19.1 Å². The highest BCUT2D eigenvalue weighted by atomic mass is 32.2. The third-order valence-electron chi connectivity index (χ3n) is 3.75. The summed E-state index contributed by atoms with van der Waals surface area (Å²) < 4.78 is 27.0. The number of nitrogens with one attached hydrogen (secondary N) is 1. The summed E-state index contributed by atoms with van der Waals surface area (Å²) in [7, 11) is -3.64. The molecule has 0 saturated carbocycles. The van der Waals surface area contributed by atoms with E-state index in [9.17, 15) is 13.5 Å². The maximum absolute atomic E-state index is 12.8. The first-order valence-electron chi connectivity index (χ1n) is 7.28. The molecule has 0 aromatic carbocycles. The van der Waals surface area contributed by atoms with Crippen LogP contribution < -0.4 is 5.32 Å². The van der Waals surface area contributed by atoms with Gasteiger partial charge in [0.15, 0.2) is 5.03 Å². The van der Waals surface area contributed by atoms with Gasteiger partial charge < -0.3 is 10.4 Å². The lowest BCUT2D eigenvalue weighted by molar-refractivity contribution is 0.0465. The molecule has 0 aliphatic carbocycles. The Morgan fingerprint density at radius 3 is 2.90 bits per heavy atom. The van der Waals surface area contributed by atoms with Gasteiger partial charge >= 0.3 is 0 Å². The van der Waals surface area contributed by atoms with E-state index >= 15 is 0 Å². The molecule has 7 heteroatoms. The van der Waals surface area contributed by atoms with Crippen LogP contribution in [0.2, 0.25) is 0 Å². The first-order valence-corrected chi connectivity index (χ1v) is 8.72. The van der Waals surface area contributed by atoms with Crippen molar-refractivity contribution in [1.29, 1.82) is 0 Å². The molecule has 21 heavy (non-hydrogen) atoms. The predicted octanol–water partition coefficient (Wildman–Crippen LogP) is 1.44. The van der Waals surface area contributed by atoms with Gasteiger partial charge in [0, 0.05) is 25.8 Å². The van der Waals surface area contributed by atoms with Crippen molar-refractivity contribution in [2.24, 2.45) is 0 Å². The number of hydrogen-bond acceptors (Lipinski definition) is 5. The largest absolute Gasteiger partial charge is 0.390 e. The van der Waals surface area contributed by atoms with E-state index in [0.29, 0.717) is 44.6 Å². The molecule has 2 N–H and O–H groups in total. The summed E-state index contributed by atoms with van der Waals surface area (Å²) in [6.45, 7) is 5.03. The zero-order chi connectivity index (χ0) is 15.5. The summed E-state index contributed by atoms with van der Waals surface area (Å²) in [4.78, 5) is 4.06. The van der Waals surface area contributed by atoms with Crippen LogP contribution in [0, 0.1) is 0 Å². The molecule has 2 heterocycles. The zero-order valence-electron chi connectivity index (χ0n) is 12.5. The van der Waals surface area contributed by atoms with Gasteiger partial charge in [-0.25, -0.2) is 13.4 Å². The van der Waals surface area contributed by atoms with Gasteiger partial charge in [-0.2, -0.15) is 4.31 Å². The van der Waals surface area contributed by atoms with Crippen molar-refractivity contribution in [3.63, 3.8) is 0 Å².